The number of nitrogens with zero attached hydrogens (tertiary/aromatic N) is 1. The second-order valence-corrected chi connectivity index (χ2v) is 4.73. The summed E-state index contributed by atoms with van der Waals surface area (Å²) in [6.07, 6.45) is -5.00. The SMILES string of the molecule is O=C(c1ccc(Oc2ccc([N+](=O)[O-])cc2)c(Cl)c1)C(F)(F)F. The molecule has 23 heavy (non-hydrogen) atoms. The number of hydrogen-bond donors (Lipinski definition) is 0. The number of halogens is 4. The number of rotatable bonds is 4. The molecule has 0 atom stereocenters. The number of ketones is 1. The Morgan fingerprint density at radius 2 is 1.74 bits per heavy atom. The number of non-ortho nitro benzene ring substituents is 1. The quantitative estimate of drug-likeness (QED) is 0.454. The average molecular weight is 346 g/mol. The van der Waals surface area contributed by atoms with Crippen molar-refractivity contribution in [3.8, 4) is 11.5 Å². The number of nitro benzene ring substituents is 1. The lowest BCUT2D eigenvalue weighted by atomic mass is 10.1. The largest absolute Gasteiger partial charge is 0.456 e. The van der Waals surface area contributed by atoms with Crippen molar-refractivity contribution in [2.24, 2.45) is 0 Å². The third kappa shape index (κ3) is 3.98. The number of alkyl halides is 3. The molecule has 0 bridgehead atoms. The molecule has 9 heteroatoms. The van der Waals surface area contributed by atoms with Gasteiger partial charge in [-0.1, -0.05) is 11.6 Å². The molecule has 0 amide bonds. The summed E-state index contributed by atoms with van der Waals surface area (Å²) in [4.78, 5) is 21.0. The highest BCUT2D eigenvalue weighted by Gasteiger charge is 2.39. The van der Waals surface area contributed by atoms with Crippen LogP contribution in [0.4, 0.5) is 18.9 Å². The van der Waals surface area contributed by atoms with Gasteiger partial charge >= 0.3 is 6.18 Å². The van der Waals surface area contributed by atoms with Crippen molar-refractivity contribution in [2.45, 2.75) is 6.18 Å². The number of ether oxygens (including phenoxy) is 1. The molecule has 0 saturated carbocycles. The highest BCUT2D eigenvalue weighted by molar-refractivity contribution is 6.32. The number of Topliss-reactive ketones (excluding diaryl/α,β-unsaturated/α-hetero) is 1. The van der Waals surface area contributed by atoms with Gasteiger partial charge in [0, 0.05) is 17.7 Å². The number of carbonyl (C=O) groups is 1. The summed E-state index contributed by atoms with van der Waals surface area (Å²) >= 11 is 5.80. The summed E-state index contributed by atoms with van der Waals surface area (Å²) in [6, 6.07) is 7.91. The van der Waals surface area contributed by atoms with E-state index in [1.165, 1.54) is 24.3 Å². The van der Waals surface area contributed by atoms with E-state index in [0.29, 0.717) is 0 Å². The summed E-state index contributed by atoms with van der Waals surface area (Å²) in [7, 11) is 0. The molecule has 2 aromatic rings. The molecular formula is C14H7ClF3NO4. The molecule has 2 rings (SSSR count). The monoisotopic (exact) mass is 345 g/mol. The predicted molar refractivity (Wildman–Crippen MR) is 75.0 cm³/mol. The lowest BCUT2D eigenvalue weighted by molar-refractivity contribution is -0.384. The van der Waals surface area contributed by atoms with Gasteiger partial charge in [-0.3, -0.25) is 14.9 Å². The molecule has 0 aliphatic rings. The van der Waals surface area contributed by atoms with Crippen LogP contribution in [0.15, 0.2) is 42.5 Å². The van der Waals surface area contributed by atoms with Crippen LogP contribution in [0.2, 0.25) is 5.02 Å². The van der Waals surface area contributed by atoms with Crippen LogP contribution in [0.5, 0.6) is 11.5 Å². The van der Waals surface area contributed by atoms with Gasteiger partial charge in [0.2, 0.25) is 0 Å². The Hall–Kier alpha value is -2.61. The highest BCUT2D eigenvalue weighted by atomic mass is 35.5. The first-order valence-corrected chi connectivity index (χ1v) is 6.39. The fraction of sp³-hybridized carbons (Fsp3) is 0.0714. The van der Waals surface area contributed by atoms with E-state index in [0.717, 1.165) is 18.2 Å². The number of benzene rings is 2. The molecule has 0 aliphatic heterocycles. The van der Waals surface area contributed by atoms with Crippen LogP contribution < -0.4 is 4.74 Å². The number of hydrogen-bond acceptors (Lipinski definition) is 4. The molecule has 0 radical (unpaired) electrons. The van der Waals surface area contributed by atoms with Crippen LogP contribution >= 0.6 is 11.6 Å². The summed E-state index contributed by atoms with van der Waals surface area (Å²) in [5.74, 6) is -1.80. The predicted octanol–water partition coefficient (Wildman–Crippen LogP) is 4.79. The molecule has 5 nitrogen and oxygen atoms in total. The molecule has 0 fully saturated rings. The van der Waals surface area contributed by atoms with Crippen LogP contribution in [0.25, 0.3) is 0 Å². The second-order valence-electron chi connectivity index (χ2n) is 4.33. The van der Waals surface area contributed by atoms with Crippen molar-refractivity contribution in [1.29, 1.82) is 0 Å². The topological polar surface area (TPSA) is 69.4 Å². The van der Waals surface area contributed by atoms with Gasteiger partial charge in [0.05, 0.1) is 9.95 Å². The molecule has 0 aliphatic carbocycles. The van der Waals surface area contributed by atoms with Gasteiger partial charge in [-0.05, 0) is 30.3 Å². The van der Waals surface area contributed by atoms with Gasteiger partial charge in [0.1, 0.15) is 11.5 Å². The Balaban J connectivity index is 2.21. The third-order valence-corrected chi connectivity index (χ3v) is 3.02. The summed E-state index contributed by atoms with van der Waals surface area (Å²) in [5.41, 5.74) is -0.756. The maximum atomic E-state index is 12.3. The third-order valence-electron chi connectivity index (χ3n) is 2.73. The second kappa shape index (κ2) is 6.25. The first-order chi connectivity index (χ1) is 10.7. The van der Waals surface area contributed by atoms with E-state index in [1.54, 1.807) is 0 Å². The van der Waals surface area contributed by atoms with E-state index < -0.39 is 22.4 Å². The molecule has 2 aromatic carbocycles. The maximum Gasteiger partial charge on any atom is 0.454 e. The van der Waals surface area contributed by atoms with Gasteiger partial charge in [0.25, 0.3) is 11.5 Å². The average Bonchev–Trinajstić information content (AvgIpc) is 2.48. The lowest BCUT2D eigenvalue weighted by Gasteiger charge is -2.10. The zero-order valence-corrected chi connectivity index (χ0v) is 11.9. The maximum absolute atomic E-state index is 12.3. The Morgan fingerprint density at radius 3 is 2.22 bits per heavy atom. The lowest BCUT2D eigenvalue weighted by Crippen LogP contribution is -2.22. The molecule has 0 aromatic heterocycles. The van der Waals surface area contributed by atoms with Gasteiger partial charge < -0.3 is 4.74 Å². The van der Waals surface area contributed by atoms with E-state index in [4.69, 9.17) is 16.3 Å². The van der Waals surface area contributed by atoms with Gasteiger partial charge in [-0.2, -0.15) is 13.2 Å². The van der Waals surface area contributed by atoms with Crippen LogP contribution in [0.3, 0.4) is 0 Å². The zero-order valence-electron chi connectivity index (χ0n) is 11.1. The smallest absolute Gasteiger partial charge is 0.454 e. The molecular weight excluding hydrogens is 339 g/mol. The molecule has 120 valence electrons. The Bertz CT molecular complexity index is 760. The molecule has 0 unspecified atom stereocenters. The normalized spacial score (nSPS) is 11.1. The van der Waals surface area contributed by atoms with Gasteiger partial charge in [-0.15, -0.1) is 0 Å². The minimum absolute atomic E-state index is 0.0132. The molecule has 0 saturated heterocycles. The van der Waals surface area contributed by atoms with Gasteiger partial charge in [0.15, 0.2) is 0 Å². The first-order valence-electron chi connectivity index (χ1n) is 6.02. The van der Waals surface area contributed by atoms with E-state index >= 15 is 0 Å². The Morgan fingerprint density at radius 1 is 1.13 bits per heavy atom. The fourth-order valence-corrected chi connectivity index (χ4v) is 1.87. The van der Waals surface area contributed by atoms with E-state index in [1.807, 2.05) is 0 Å². The fourth-order valence-electron chi connectivity index (χ4n) is 1.65. The summed E-state index contributed by atoms with van der Waals surface area (Å²) < 4.78 is 42.3. The minimum atomic E-state index is -5.00. The van der Waals surface area contributed by atoms with E-state index in [-0.39, 0.29) is 22.2 Å². The highest BCUT2D eigenvalue weighted by Crippen LogP contribution is 2.32. The summed E-state index contributed by atoms with van der Waals surface area (Å²) in [6.45, 7) is 0. The number of carbonyl (C=O) groups excluding carboxylic acids is 1. The van der Waals surface area contributed by atoms with Crippen molar-refractivity contribution < 1.29 is 27.6 Å². The van der Waals surface area contributed by atoms with Crippen molar-refractivity contribution in [3.63, 3.8) is 0 Å². The van der Waals surface area contributed by atoms with Crippen LogP contribution in [0, 0.1) is 10.1 Å². The summed E-state index contributed by atoms with van der Waals surface area (Å²) in [5, 5.41) is 10.3. The van der Waals surface area contributed by atoms with Crippen molar-refractivity contribution in [3.05, 3.63) is 63.2 Å². The van der Waals surface area contributed by atoms with Crippen LogP contribution in [-0.2, 0) is 0 Å². The van der Waals surface area contributed by atoms with Gasteiger partial charge in [-0.25, -0.2) is 0 Å². The Kier molecular flexibility index (Phi) is 4.55. The zero-order chi connectivity index (χ0) is 17.2. The standard InChI is InChI=1S/C14H7ClF3NO4/c15-11-7-8(13(20)14(16,17)18)1-6-12(11)23-10-4-2-9(3-5-10)19(21)22/h1-7H. The van der Waals surface area contributed by atoms with E-state index in [9.17, 15) is 28.1 Å². The minimum Gasteiger partial charge on any atom is -0.456 e. The number of nitro groups is 1. The molecule has 0 N–H and O–H groups in total. The van der Waals surface area contributed by atoms with Crippen LogP contribution in [0.1, 0.15) is 10.4 Å². The molecule has 0 spiro atoms. The Labute approximate surface area is 132 Å². The van der Waals surface area contributed by atoms with Crippen molar-refractivity contribution >= 4 is 23.1 Å². The van der Waals surface area contributed by atoms with Crippen molar-refractivity contribution in [1.82, 2.24) is 0 Å². The van der Waals surface area contributed by atoms with E-state index in [2.05, 4.69) is 0 Å². The van der Waals surface area contributed by atoms with Crippen LogP contribution in [-0.4, -0.2) is 16.9 Å². The van der Waals surface area contributed by atoms with Crippen molar-refractivity contribution in [2.75, 3.05) is 0 Å². The first kappa shape index (κ1) is 16.8. The molecule has 0 heterocycles.